The lowest BCUT2D eigenvalue weighted by atomic mass is 9.85. The number of aliphatic carboxylic acids is 1. The third kappa shape index (κ3) is 4.01. The third-order valence-electron chi connectivity index (χ3n) is 5.28. The first-order valence-electron chi connectivity index (χ1n) is 9.39. The quantitative estimate of drug-likeness (QED) is 0.719. The number of likely N-dealkylation sites (N-methyl/N-ethyl adjacent to an activating group) is 1. The van der Waals surface area contributed by atoms with E-state index >= 15 is 0 Å². The molecule has 1 aromatic carbocycles. The number of carbonyl (C=O) groups excluding carboxylic acids is 1. The van der Waals surface area contributed by atoms with Gasteiger partial charge >= 0.3 is 5.97 Å². The van der Waals surface area contributed by atoms with Crippen molar-refractivity contribution in [1.29, 1.82) is 0 Å². The minimum absolute atomic E-state index is 0.0343. The highest BCUT2D eigenvalue weighted by atomic mass is 16.5. The van der Waals surface area contributed by atoms with E-state index in [2.05, 4.69) is 10.4 Å². The number of carboxylic acid groups (broad SMARTS) is 1. The number of benzene rings is 1. The zero-order chi connectivity index (χ0) is 20.3. The van der Waals surface area contributed by atoms with Crippen LogP contribution in [0.1, 0.15) is 35.8 Å². The molecular formula is C20H26N4O4. The molecule has 150 valence electrons. The first kappa shape index (κ1) is 19.9. The summed E-state index contributed by atoms with van der Waals surface area (Å²) in [5.41, 5.74) is 2.03. The van der Waals surface area contributed by atoms with E-state index in [1.807, 2.05) is 43.0 Å². The molecule has 1 saturated carbocycles. The molecule has 3 rings (SSSR count). The highest BCUT2D eigenvalue weighted by Gasteiger charge is 2.35. The lowest BCUT2D eigenvalue weighted by Gasteiger charge is -2.42. The number of nitrogens with zero attached hydrogens (tertiary/aromatic N) is 3. The number of carbonyl (C=O) groups is 2. The summed E-state index contributed by atoms with van der Waals surface area (Å²) in [4.78, 5) is 25.5. The maximum atomic E-state index is 12.7. The second-order valence-electron chi connectivity index (χ2n) is 6.98. The van der Waals surface area contributed by atoms with Crippen LogP contribution in [-0.2, 0) is 4.79 Å². The molecule has 0 bridgehead atoms. The monoisotopic (exact) mass is 386 g/mol. The molecule has 0 spiro atoms. The fraction of sp³-hybridized carbons (Fsp3) is 0.450. The van der Waals surface area contributed by atoms with Crippen molar-refractivity contribution in [2.45, 2.75) is 38.8 Å². The number of aromatic nitrogens is 2. The van der Waals surface area contributed by atoms with Gasteiger partial charge in [0, 0.05) is 12.1 Å². The predicted molar refractivity (Wildman–Crippen MR) is 104 cm³/mol. The van der Waals surface area contributed by atoms with E-state index in [0.29, 0.717) is 17.9 Å². The fourth-order valence-electron chi connectivity index (χ4n) is 3.62. The van der Waals surface area contributed by atoms with Crippen LogP contribution >= 0.6 is 0 Å². The van der Waals surface area contributed by atoms with Gasteiger partial charge in [-0.05, 0) is 38.4 Å². The number of methoxy groups -OCH3 is 1. The number of hydrogen-bond acceptors (Lipinski definition) is 5. The van der Waals surface area contributed by atoms with Crippen LogP contribution in [0.15, 0.2) is 30.5 Å². The average Bonchev–Trinajstić information content (AvgIpc) is 3.03. The van der Waals surface area contributed by atoms with Gasteiger partial charge in [0.15, 0.2) is 0 Å². The summed E-state index contributed by atoms with van der Waals surface area (Å²) < 4.78 is 7.08. The van der Waals surface area contributed by atoms with Gasteiger partial charge in [0.2, 0.25) is 0 Å². The minimum Gasteiger partial charge on any atom is -0.494 e. The second-order valence-corrected chi connectivity index (χ2v) is 6.98. The van der Waals surface area contributed by atoms with Crippen molar-refractivity contribution < 1.29 is 19.4 Å². The molecule has 0 saturated heterocycles. The summed E-state index contributed by atoms with van der Waals surface area (Å²) in [5.74, 6) is -0.308. The first-order chi connectivity index (χ1) is 13.4. The molecule has 0 atom stereocenters. The Labute approximate surface area is 164 Å². The minimum atomic E-state index is -0.825. The smallest absolute Gasteiger partial charge is 0.317 e. The van der Waals surface area contributed by atoms with Gasteiger partial charge in [-0.2, -0.15) is 5.10 Å². The Morgan fingerprint density at radius 3 is 2.71 bits per heavy atom. The summed E-state index contributed by atoms with van der Waals surface area (Å²) in [6, 6.07) is 7.76. The van der Waals surface area contributed by atoms with Gasteiger partial charge < -0.3 is 15.2 Å². The molecule has 1 heterocycles. The number of nitrogens with one attached hydrogen (secondary N) is 1. The number of carboxylic acids is 1. The Balaban J connectivity index is 1.64. The zero-order valence-electron chi connectivity index (χ0n) is 16.4. The molecule has 1 aromatic heterocycles. The van der Waals surface area contributed by atoms with Crippen LogP contribution in [-0.4, -0.2) is 63.9 Å². The fourth-order valence-corrected chi connectivity index (χ4v) is 3.62. The Morgan fingerprint density at radius 2 is 2.07 bits per heavy atom. The Hall–Kier alpha value is -2.87. The molecule has 1 aliphatic rings. The van der Waals surface area contributed by atoms with Crippen molar-refractivity contribution in [2.75, 3.05) is 20.2 Å². The second kappa shape index (κ2) is 8.43. The van der Waals surface area contributed by atoms with Crippen molar-refractivity contribution in [3.05, 3.63) is 41.7 Å². The first-order valence-corrected chi connectivity index (χ1v) is 9.39. The van der Waals surface area contributed by atoms with Crippen LogP contribution in [0.3, 0.4) is 0 Å². The zero-order valence-corrected chi connectivity index (χ0v) is 16.4. The van der Waals surface area contributed by atoms with Gasteiger partial charge in [-0.3, -0.25) is 14.5 Å². The van der Waals surface area contributed by atoms with Gasteiger partial charge in [-0.1, -0.05) is 19.1 Å². The van der Waals surface area contributed by atoms with Crippen LogP contribution in [0.25, 0.3) is 5.69 Å². The van der Waals surface area contributed by atoms with E-state index < -0.39 is 5.97 Å². The number of para-hydroxylation sites is 2. The number of hydrogen-bond donors (Lipinski definition) is 2. The molecule has 8 nitrogen and oxygen atoms in total. The topological polar surface area (TPSA) is 96.7 Å². The van der Waals surface area contributed by atoms with Crippen LogP contribution < -0.4 is 10.1 Å². The average molecular weight is 386 g/mol. The molecule has 2 aromatic rings. The molecule has 2 N–H and O–H groups in total. The van der Waals surface area contributed by atoms with E-state index in [4.69, 9.17) is 9.84 Å². The third-order valence-corrected chi connectivity index (χ3v) is 5.28. The summed E-state index contributed by atoms with van der Waals surface area (Å²) in [6.07, 6.45) is 3.08. The van der Waals surface area contributed by atoms with E-state index in [9.17, 15) is 9.59 Å². The number of ether oxygens (including phenoxy) is 1. The van der Waals surface area contributed by atoms with Gasteiger partial charge in [0.25, 0.3) is 5.91 Å². The van der Waals surface area contributed by atoms with Gasteiger partial charge in [-0.25, -0.2) is 4.68 Å². The summed E-state index contributed by atoms with van der Waals surface area (Å²) in [6.45, 7) is 4.52. The Kier molecular flexibility index (Phi) is 5.99. The van der Waals surface area contributed by atoms with Crippen molar-refractivity contribution in [2.24, 2.45) is 0 Å². The molecule has 1 aliphatic carbocycles. The van der Waals surface area contributed by atoms with Gasteiger partial charge in [-0.15, -0.1) is 0 Å². The lowest BCUT2D eigenvalue weighted by molar-refractivity contribution is -0.139. The molecule has 0 radical (unpaired) electrons. The van der Waals surface area contributed by atoms with Crippen molar-refractivity contribution in [3.8, 4) is 11.4 Å². The molecule has 8 heteroatoms. The van der Waals surface area contributed by atoms with E-state index in [1.54, 1.807) is 18.0 Å². The Bertz CT molecular complexity index is 858. The molecule has 1 fully saturated rings. The summed E-state index contributed by atoms with van der Waals surface area (Å²) in [5, 5.41) is 16.4. The maximum absolute atomic E-state index is 12.7. The Morgan fingerprint density at radius 1 is 1.36 bits per heavy atom. The molecule has 0 aliphatic heterocycles. The standard InChI is InChI=1S/C20H26N4O4/c1-4-23(12-19(25)26)15-9-14(10-15)22-20(27)16-11-21-24(13(16)2)17-7-5-6-8-18(17)28-3/h5-8,11,14-15H,4,9-10,12H2,1-3H3,(H,22,27)(H,25,26). The molecule has 28 heavy (non-hydrogen) atoms. The summed E-state index contributed by atoms with van der Waals surface area (Å²) in [7, 11) is 1.60. The van der Waals surface area contributed by atoms with Crippen molar-refractivity contribution in [1.82, 2.24) is 20.0 Å². The van der Waals surface area contributed by atoms with E-state index in [-0.39, 0.29) is 24.5 Å². The molecule has 0 unspecified atom stereocenters. The SMILES string of the molecule is CCN(CC(=O)O)C1CC(NC(=O)c2cnn(-c3ccccc3OC)c2C)C1. The van der Waals surface area contributed by atoms with Crippen molar-refractivity contribution >= 4 is 11.9 Å². The van der Waals surface area contributed by atoms with Gasteiger partial charge in [0.05, 0.1) is 31.1 Å². The van der Waals surface area contributed by atoms with Crippen LogP contribution in [0.4, 0.5) is 0 Å². The molecule has 1 amide bonds. The normalized spacial score (nSPS) is 18.6. The van der Waals surface area contributed by atoms with Crippen LogP contribution in [0.5, 0.6) is 5.75 Å². The predicted octanol–water partition coefficient (Wildman–Crippen LogP) is 1.86. The highest BCUT2D eigenvalue weighted by Crippen LogP contribution is 2.27. The largest absolute Gasteiger partial charge is 0.494 e. The van der Waals surface area contributed by atoms with Crippen LogP contribution in [0, 0.1) is 6.92 Å². The van der Waals surface area contributed by atoms with E-state index in [1.165, 1.54) is 0 Å². The van der Waals surface area contributed by atoms with Crippen LogP contribution in [0.2, 0.25) is 0 Å². The number of amides is 1. The lowest BCUT2D eigenvalue weighted by Crippen LogP contribution is -2.54. The summed E-state index contributed by atoms with van der Waals surface area (Å²) >= 11 is 0. The van der Waals surface area contributed by atoms with Crippen molar-refractivity contribution in [3.63, 3.8) is 0 Å². The maximum Gasteiger partial charge on any atom is 0.317 e. The van der Waals surface area contributed by atoms with E-state index in [0.717, 1.165) is 24.2 Å². The number of rotatable bonds is 8. The highest BCUT2D eigenvalue weighted by molar-refractivity contribution is 5.95. The molecular weight excluding hydrogens is 360 g/mol. The van der Waals surface area contributed by atoms with Gasteiger partial charge in [0.1, 0.15) is 11.4 Å².